The molecule has 0 radical (unpaired) electrons. The first-order chi connectivity index (χ1) is 12.7. The predicted octanol–water partition coefficient (Wildman–Crippen LogP) is 4.12. The normalized spacial score (nSPS) is 13.0. The van der Waals surface area contributed by atoms with Gasteiger partial charge in [0.25, 0.3) is 0 Å². The molecule has 0 amide bonds. The minimum absolute atomic E-state index is 0.152. The van der Waals surface area contributed by atoms with Crippen LogP contribution in [0.1, 0.15) is 61.7 Å². The lowest BCUT2D eigenvalue weighted by Gasteiger charge is -2.21. The molecule has 0 saturated heterocycles. The number of nitrogens with two attached hydrogens (primary N) is 1. The van der Waals surface area contributed by atoms with Crippen LogP contribution in [0.2, 0.25) is 0 Å². The van der Waals surface area contributed by atoms with Crippen molar-refractivity contribution in [1.82, 2.24) is 15.3 Å². The lowest BCUT2D eigenvalue weighted by Crippen LogP contribution is -2.26. The van der Waals surface area contributed by atoms with Gasteiger partial charge >= 0.3 is 0 Å². The van der Waals surface area contributed by atoms with Gasteiger partial charge in [-0.25, -0.2) is 0 Å². The summed E-state index contributed by atoms with van der Waals surface area (Å²) in [5.74, 6) is 0. The lowest BCUT2D eigenvalue weighted by atomic mass is 9.86. The number of aryl methyl sites for hydroxylation is 2. The van der Waals surface area contributed by atoms with Crippen molar-refractivity contribution < 1.29 is 0 Å². The van der Waals surface area contributed by atoms with E-state index in [4.69, 9.17) is 5.73 Å². The Morgan fingerprint density at radius 2 is 1.93 bits per heavy atom. The number of pyridine rings is 2. The highest BCUT2D eigenvalue weighted by Crippen LogP contribution is 2.22. The minimum atomic E-state index is 0.152. The van der Waals surface area contributed by atoms with Crippen molar-refractivity contribution in [2.75, 3.05) is 6.54 Å². The van der Waals surface area contributed by atoms with Crippen molar-refractivity contribution in [3.05, 3.63) is 58.7 Å². The Kier molecular flexibility index (Phi) is 7.93. The Balaban J connectivity index is 1.74. The topological polar surface area (TPSA) is 63.8 Å². The van der Waals surface area contributed by atoms with Crippen molar-refractivity contribution in [2.24, 2.45) is 11.1 Å². The van der Waals surface area contributed by atoms with Gasteiger partial charge in [0.1, 0.15) is 0 Å². The molecule has 1 atom stereocenters. The third-order valence-electron chi connectivity index (χ3n) is 4.71. The maximum Gasteiger partial charge on any atom is 0.0570 e. The van der Waals surface area contributed by atoms with Crippen LogP contribution in [0.4, 0.5) is 0 Å². The van der Waals surface area contributed by atoms with Gasteiger partial charge in [0.2, 0.25) is 0 Å². The molecule has 0 aliphatic heterocycles. The Bertz CT molecular complexity index is 719. The van der Waals surface area contributed by atoms with Crippen molar-refractivity contribution >= 4 is 0 Å². The third kappa shape index (κ3) is 7.77. The molecule has 0 fully saturated rings. The highest BCUT2D eigenvalue weighted by molar-refractivity contribution is 5.23. The third-order valence-corrected chi connectivity index (χ3v) is 4.71. The van der Waals surface area contributed by atoms with E-state index in [1.165, 1.54) is 16.7 Å². The van der Waals surface area contributed by atoms with Gasteiger partial charge in [-0.15, -0.1) is 0 Å². The fraction of sp³-hybridized carbons (Fsp3) is 0.565. The summed E-state index contributed by atoms with van der Waals surface area (Å²) in [6, 6.07) is 6.56. The van der Waals surface area contributed by atoms with Crippen LogP contribution in [-0.4, -0.2) is 22.6 Å². The molecule has 0 aliphatic carbocycles. The zero-order valence-electron chi connectivity index (χ0n) is 17.7. The maximum absolute atomic E-state index is 6.39. The number of hydrogen-bond donors (Lipinski definition) is 2. The van der Waals surface area contributed by atoms with E-state index in [0.29, 0.717) is 0 Å². The predicted molar refractivity (Wildman–Crippen MR) is 114 cm³/mol. The van der Waals surface area contributed by atoms with Crippen LogP contribution in [0.3, 0.4) is 0 Å². The average Bonchev–Trinajstić information content (AvgIpc) is 2.57. The molecule has 1 unspecified atom stereocenters. The van der Waals surface area contributed by atoms with Crippen LogP contribution in [0.15, 0.2) is 30.6 Å². The monoisotopic (exact) mass is 368 g/mol. The molecule has 0 spiro atoms. The number of aromatic nitrogens is 2. The molecule has 0 aliphatic rings. The van der Waals surface area contributed by atoms with Gasteiger partial charge in [-0.3, -0.25) is 9.97 Å². The summed E-state index contributed by atoms with van der Waals surface area (Å²) in [5.41, 5.74) is 12.7. The molecule has 27 heavy (non-hydrogen) atoms. The SMILES string of the molecule is Cc1cnc(CNCCCC(N)Cc2ncccc2CC(C)(C)C)c(C)c1. The van der Waals surface area contributed by atoms with Crippen LogP contribution in [0.25, 0.3) is 0 Å². The molecule has 0 bridgehead atoms. The first-order valence-corrected chi connectivity index (χ1v) is 10.1. The molecule has 2 aromatic rings. The Labute approximate surface area is 165 Å². The van der Waals surface area contributed by atoms with Gasteiger partial charge in [-0.2, -0.15) is 0 Å². The number of rotatable bonds is 9. The van der Waals surface area contributed by atoms with Gasteiger partial charge in [0, 0.05) is 37.1 Å². The highest BCUT2D eigenvalue weighted by Gasteiger charge is 2.16. The summed E-state index contributed by atoms with van der Waals surface area (Å²) in [6.45, 7) is 12.8. The fourth-order valence-corrected chi connectivity index (χ4v) is 3.36. The molecule has 0 saturated carbocycles. The summed E-state index contributed by atoms with van der Waals surface area (Å²) in [7, 11) is 0. The van der Waals surface area contributed by atoms with Crippen molar-refractivity contribution in [1.29, 1.82) is 0 Å². The molecule has 148 valence electrons. The van der Waals surface area contributed by atoms with Crippen LogP contribution in [0, 0.1) is 19.3 Å². The Morgan fingerprint density at radius 1 is 1.15 bits per heavy atom. The summed E-state index contributed by atoms with van der Waals surface area (Å²) in [5, 5.41) is 3.49. The zero-order chi connectivity index (χ0) is 19.9. The average molecular weight is 369 g/mol. The van der Waals surface area contributed by atoms with E-state index in [1.54, 1.807) is 0 Å². The van der Waals surface area contributed by atoms with E-state index in [0.717, 1.165) is 50.2 Å². The largest absolute Gasteiger partial charge is 0.327 e. The van der Waals surface area contributed by atoms with Crippen molar-refractivity contribution in [3.63, 3.8) is 0 Å². The second kappa shape index (κ2) is 9.95. The molecule has 3 N–H and O–H groups in total. The molecule has 4 heteroatoms. The molecular formula is C23H36N4. The maximum atomic E-state index is 6.39. The summed E-state index contributed by atoms with van der Waals surface area (Å²) in [6.07, 6.45) is 7.76. The van der Waals surface area contributed by atoms with Crippen LogP contribution >= 0.6 is 0 Å². The van der Waals surface area contributed by atoms with Crippen LogP contribution < -0.4 is 11.1 Å². The van der Waals surface area contributed by atoms with E-state index < -0.39 is 0 Å². The van der Waals surface area contributed by atoms with E-state index in [2.05, 4.69) is 62.0 Å². The molecule has 0 aromatic carbocycles. The number of nitrogens with one attached hydrogen (secondary N) is 1. The minimum Gasteiger partial charge on any atom is -0.327 e. The molecule has 2 rings (SSSR count). The number of hydrogen-bond acceptors (Lipinski definition) is 4. The summed E-state index contributed by atoms with van der Waals surface area (Å²) in [4.78, 5) is 9.11. The van der Waals surface area contributed by atoms with Gasteiger partial charge in [0.15, 0.2) is 0 Å². The highest BCUT2D eigenvalue weighted by atomic mass is 14.9. The quantitative estimate of drug-likeness (QED) is 0.654. The standard InChI is InChI=1S/C23H36N4/c1-17-12-18(2)22(27-15-17)16-25-10-7-9-20(24)13-21-19(8-6-11-26-21)14-23(3,4)5/h6,8,11-12,15,20,25H,7,9-10,13-14,16,24H2,1-5H3. The molecule has 2 heterocycles. The van der Waals surface area contributed by atoms with Gasteiger partial charge in [-0.05, 0) is 67.8 Å². The van der Waals surface area contributed by atoms with E-state index >= 15 is 0 Å². The lowest BCUT2D eigenvalue weighted by molar-refractivity contribution is 0.408. The van der Waals surface area contributed by atoms with Crippen LogP contribution in [-0.2, 0) is 19.4 Å². The zero-order valence-corrected chi connectivity index (χ0v) is 17.7. The van der Waals surface area contributed by atoms with Crippen LogP contribution in [0.5, 0.6) is 0 Å². The first-order valence-electron chi connectivity index (χ1n) is 10.1. The Morgan fingerprint density at radius 3 is 2.63 bits per heavy atom. The molecular weight excluding hydrogens is 332 g/mol. The molecule has 2 aromatic heterocycles. The van der Waals surface area contributed by atoms with Crippen molar-refractivity contribution in [2.45, 2.75) is 72.9 Å². The van der Waals surface area contributed by atoms with Gasteiger partial charge in [0.05, 0.1) is 5.69 Å². The smallest absolute Gasteiger partial charge is 0.0570 e. The fourth-order valence-electron chi connectivity index (χ4n) is 3.36. The Hall–Kier alpha value is -1.78. The molecule has 4 nitrogen and oxygen atoms in total. The summed E-state index contributed by atoms with van der Waals surface area (Å²) >= 11 is 0. The first kappa shape index (κ1) is 21.5. The van der Waals surface area contributed by atoms with Gasteiger partial charge in [-0.1, -0.05) is 32.9 Å². The number of nitrogens with zero attached hydrogens (tertiary/aromatic N) is 2. The van der Waals surface area contributed by atoms with E-state index in [1.807, 2.05) is 18.5 Å². The summed E-state index contributed by atoms with van der Waals surface area (Å²) < 4.78 is 0. The second-order valence-corrected chi connectivity index (χ2v) is 8.91. The van der Waals surface area contributed by atoms with E-state index in [-0.39, 0.29) is 11.5 Å². The van der Waals surface area contributed by atoms with E-state index in [9.17, 15) is 0 Å². The van der Waals surface area contributed by atoms with Gasteiger partial charge < -0.3 is 11.1 Å². The van der Waals surface area contributed by atoms with Crippen molar-refractivity contribution in [3.8, 4) is 0 Å². The second-order valence-electron chi connectivity index (χ2n) is 8.91.